The van der Waals surface area contributed by atoms with Crippen LogP contribution in [-0.4, -0.2) is 17.2 Å². The first-order valence-electron chi connectivity index (χ1n) is 7.29. The molecule has 0 aromatic carbocycles. The van der Waals surface area contributed by atoms with Crippen molar-refractivity contribution >= 4 is 0 Å². The van der Waals surface area contributed by atoms with E-state index in [-0.39, 0.29) is 6.04 Å². The van der Waals surface area contributed by atoms with E-state index in [1.54, 1.807) is 0 Å². The Balaban J connectivity index is 2.05. The summed E-state index contributed by atoms with van der Waals surface area (Å²) < 4.78 is 5.41. The molecule has 1 aliphatic rings. The van der Waals surface area contributed by atoms with Gasteiger partial charge in [-0.15, -0.1) is 0 Å². The van der Waals surface area contributed by atoms with Gasteiger partial charge >= 0.3 is 0 Å². The minimum atomic E-state index is 0.191. The van der Waals surface area contributed by atoms with E-state index in [0.29, 0.717) is 5.92 Å². The molecule has 18 heavy (non-hydrogen) atoms. The summed E-state index contributed by atoms with van der Waals surface area (Å²) in [7, 11) is 1.94. The van der Waals surface area contributed by atoms with Crippen LogP contribution in [0.25, 0.3) is 0 Å². The van der Waals surface area contributed by atoms with Crippen molar-refractivity contribution in [3.05, 3.63) is 11.7 Å². The molecule has 0 saturated heterocycles. The first-order chi connectivity index (χ1) is 8.78. The van der Waals surface area contributed by atoms with Crippen LogP contribution in [0.15, 0.2) is 4.52 Å². The van der Waals surface area contributed by atoms with E-state index >= 15 is 0 Å². The fourth-order valence-electron chi connectivity index (χ4n) is 2.95. The second kappa shape index (κ2) is 6.32. The van der Waals surface area contributed by atoms with Crippen molar-refractivity contribution < 1.29 is 4.52 Å². The number of hydrogen-bond donors (Lipinski definition) is 1. The van der Waals surface area contributed by atoms with Gasteiger partial charge in [-0.1, -0.05) is 38.3 Å². The zero-order chi connectivity index (χ0) is 13.0. The third kappa shape index (κ3) is 2.91. The number of nitrogens with zero attached hydrogens (tertiary/aromatic N) is 2. The summed E-state index contributed by atoms with van der Waals surface area (Å²) in [5.74, 6) is 3.03. The maximum absolute atomic E-state index is 5.41. The third-order valence-electron chi connectivity index (χ3n) is 4.24. The lowest BCUT2D eigenvalue weighted by Crippen LogP contribution is -2.17. The van der Waals surface area contributed by atoms with Gasteiger partial charge in [-0.25, -0.2) is 0 Å². The first-order valence-corrected chi connectivity index (χ1v) is 7.29. The minimum absolute atomic E-state index is 0.191. The molecule has 1 saturated carbocycles. The highest BCUT2D eigenvalue weighted by molar-refractivity contribution is 5.00. The Morgan fingerprint density at radius 1 is 1.39 bits per heavy atom. The maximum atomic E-state index is 5.41. The van der Waals surface area contributed by atoms with Gasteiger partial charge in [-0.3, -0.25) is 0 Å². The predicted molar refractivity (Wildman–Crippen MR) is 71.4 cm³/mol. The molecule has 0 aliphatic heterocycles. The van der Waals surface area contributed by atoms with E-state index in [4.69, 9.17) is 4.52 Å². The molecular formula is C14H25N3O. The van der Waals surface area contributed by atoms with Crippen molar-refractivity contribution in [2.24, 2.45) is 5.92 Å². The zero-order valence-electron chi connectivity index (χ0n) is 11.8. The Labute approximate surface area is 110 Å². The molecule has 4 heteroatoms. The molecule has 1 aromatic heterocycles. The van der Waals surface area contributed by atoms with Gasteiger partial charge in [0, 0.05) is 5.92 Å². The van der Waals surface area contributed by atoms with Crippen molar-refractivity contribution in [1.29, 1.82) is 0 Å². The molecule has 1 N–H and O–H groups in total. The van der Waals surface area contributed by atoms with Crippen molar-refractivity contribution in [2.75, 3.05) is 7.05 Å². The summed E-state index contributed by atoms with van der Waals surface area (Å²) in [4.78, 5) is 4.60. The summed E-state index contributed by atoms with van der Waals surface area (Å²) in [6.07, 6.45) is 7.36. The van der Waals surface area contributed by atoms with Crippen LogP contribution in [-0.2, 0) is 0 Å². The zero-order valence-corrected chi connectivity index (χ0v) is 11.8. The van der Waals surface area contributed by atoms with Crippen LogP contribution in [0.4, 0.5) is 0 Å². The van der Waals surface area contributed by atoms with E-state index < -0.39 is 0 Å². The molecule has 0 amide bonds. The molecule has 1 fully saturated rings. The lowest BCUT2D eigenvalue weighted by Gasteiger charge is -2.26. The van der Waals surface area contributed by atoms with Crippen LogP contribution in [0.1, 0.15) is 76.0 Å². The van der Waals surface area contributed by atoms with Crippen molar-refractivity contribution in [1.82, 2.24) is 15.5 Å². The standard InChI is InChI=1S/C14H25N3O/c1-4-10-7-6-8-11(9-10)13-16-14(18-17-13)12(5-2)15-3/h10-12,15H,4-9H2,1-3H3. The van der Waals surface area contributed by atoms with E-state index in [1.807, 2.05) is 7.05 Å². The highest BCUT2D eigenvalue weighted by atomic mass is 16.5. The van der Waals surface area contributed by atoms with Crippen LogP contribution >= 0.6 is 0 Å². The molecule has 1 aliphatic carbocycles. The highest BCUT2D eigenvalue weighted by Crippen LogP contribution is 2.36. The van der Waals surface area contributed by atoms with E-state index in [9.17, 15) is 0 Å². The molecular weight excluding hydrogens is 226 g/mol. The topological polar surface area (TPSA) is 51.0 Å². The van der Waals surface area contributed by atoms with Crippen LogP contribution in [0.3, 0.4) is 0 Å². The van der Waals surface area contributed by atoms with Gasteiger partial charge in [0.15, 0.2) is 5.82 Å². The summed E-state index contributed by atoms with van der Waals surface area (Å²) in [5, 5.41) is 7.41. The van der Waals surface area contributed by atoms with Gasteiger partial charge < -0.3 is 9.84 Å². The SMILES string of the molecule is CCC1CCCC(c2noc(C(CC)NC)n2)C1. The number of hydrogen-bond acceptors (Lipinski definition) is 4. The van der Waals surface area contributed by atoms with Crippen LogP contribution in [0.2, 0.25) is 0 Å². The molecule has 4 nitrogen and oxygen atoms in total. The van der Waals surface area contributed by atoms with Gasteiger partial charge in [-0.05, 0) is 32.2 Å². The Kier molecular flexibility index (Phi) is 4.75. The Morgan fingerprint density at radius 2 is 2.22 bits per heavy atom. The molecule has 1 aromatic rings. The number of rotatable bonds is 5. The van der Waals surface area contributed by atoms with Crippen LogP contribution in [0, 0.1) is 5.92 Å². The lowest BCUT2D eigenvalue weighted by molar-refractivity contribution is 0.294. The highest BCUT2D eigenvalue weighted by Gasteiger charge is 2.26. The fourth-order valence-corrected chi connectivity index (χ4v) is 2.95. The van der Waals surface area contributed by atoms with E-state index in [1.165, 1.54) is 32.1 Å². The average molecular weight is 251 g/mol. The molecule has 1 heterocycles. The van der Waals surface area contributed by atoms with Crippen molar-refractivity contribution in [3.63, 3.8) is 0 Å². The lowest BCUT2D eigenvalue weighted by atomic mass is 9.80. The molecule has 0 spiro atoms. The predicted octanol–water partition coefficient (Wildman–Crippen LogP) is 3.42. The fraction of sp³-hybridized carbons (Fsp3) is 0.857. The second-order valence-electron chi connectivity index (χ2n) is 5.38. The first kappa shape index (κ1) is 13.5. The molecule has 102 valence electrons. The van der Waals surface area contributed by atoms with Gasteiger partial charge in [0.1, 0.15) is 0 Å². The summed E-state index contributed by atoms with van der Waals surface area (Å²) >= 11 is 0. The summed E-state index contributed by atoms with van der Waals surface area (Å²) in [6.45, 7) is 4.40. The van der Waals surface area contributed by atoms with Gasteiger partial charge in [0.2, 0.25) is 5.89 Å². The summed E-state index contributed by atoms with van der Waals surface area (Å²) in [5.41, 5.74) is 0. The second-order valence-corrected chi connectivity index (χ2v) is 5.38. The van der Waals surface area contributed by atoms with Gasteiger partial charge in [0.05, 0.1) is 6.04 Å². The minimum Gasteiger partial charge on any atom is -0.338 e. The number of nitrogens with one attached hydrogen (secondary N) is 1. The van der Waals surface area contributed by atoms with Gasteiger partial charge in [0.25, 0.3) is 0 Å². The monoisotopic (exact) mass is 251 g/mol. The smallest absolute Gasteiger partial charge is 0.243 e. The largest absolute Gasteiger partial charge is 0.338 e. The molecule has 2 rings (SSSR count). The Morgan fingerprint density at radius 3 is 2.89 bits per heavy atom. The van der Waals surface area contributed by atoms with Crippen molar-refractivity contribution in [3.8, 4) is 0 Å². The Hall–Kier alpha value is -0.900. The van der Waals surface area contributed by atoms with E-state index in [0.717, 1.165) is 24.1 Å². The molecule has 3 atom stereocenters. The maximum Gasteiger partial charge on any atom is 0.243 e. The molecule has 3 unspecified atom stereocenters. The average Bonchev–Trinajstić information content (AvgIpc) is 2.90. The van der Waals surface area contributed by atoms with E-state index in [2.05, 4.69) is 29.3 Å². The summed E-state index contributed by atoms with van der Waals surface area (Å²) in [6, 6.07) is 0.191. The molecule has 0 radical (unpaired) electrons. The van der Waals surface area contributed by atoms with Gasteiger partial charge in [-0.2, -0.15) is 4.98 Å². The normalized spacial score (nSPS) is 26.2. The number of aromatic nitrogens is 2. The molecule has 0 bridgehead atoms. The van der Waals surface area contributed by atoms with Crippen molar-refractivity contribution in [2.45, 2.75) is 64.3 Å². The van der Waals surface area contributed by atoms with Crippen LogP contribution in [0.5, 0.6) is 0 Å². The van der Waals surface area contributed by atoms with Crippen LogP contribution < -0.4 is 5.32 Å². The quantitative estimate of drug-likeness (QED) is 0.871. The Bertz CT molecular complexity index is 360. The third-order valence-corrected chi connectivity index (χ3v) is 4.24.